The minimum absolute atomic E-state index is 0.114. The van der Waals surface area contributed by atoms with Gasteiger partial charge in [0, 0.05) is 18.5 Å². The number of hydrogen-bond donors (Lipinski definition) is 2. The maximum absolute atomic E-state index is 12.3. The Bertz CT molecular complexity index is 263. The van der Waals surface area contributed by atoms with E-state index in [2.05, 4.69) is 0 Å². The zero-order chi connectivity index (χ0) is 11.8. The van der Waals surface area contributed by atoms with E-state index in [0.717, 1.165) is 25.7 Å². The van der Waals surface area contributed by atoms with Crippen LogP contribution in [0, 0.1) is 5.41 Å². The molecule has 0 aromatic heterocycles. The quantitative estimate of drug-likeness (QED) is 0.686. The molecular formula is C12H21NO3. The molecule has 4 heteroatoms. The van der Waals surface area contributed by atoms with Crippen molar-refractivity contribution in [1.29, 1.82) is 0 Å². The van der Waals surface area contributed by atoms with Gasteiger partial charge in [0.05, 0.1) is 12.2 Å². The first-order chi connectivity index (χ1) is 7.53. The van der Waals surface area contributed by atoms with Crippen LogP contribution in [0.25, 0.3) is 0 Å². The number of aliphatic hydroxyl groups excluding tert-OH is 2. The van der Waals surface area contributed by atoms with Crippen molar-refractivity contribution < 1.29 is 15.0 Å². The average Bonchev–Trinajstić information content (AvgIpc) is 2.59. The van der Waals surface area contributed by atoms with Gasteiger partial charge >= 0.3 is 0 Å². The molecule has 92 valence electrons. The van der Waals surface area contributed by atoms with Crippen molar-refractivity contribution in [1.82, 2.24) is 4.90 Å². The van der Waals surface area contributed by atoms with Crippen LogP contribution in [0.3, 0.4) is 0 Å². The minimum atomic E-state index is -0.767. The van der Waals surface area contributed by atoms with E-state index < -0.39 is 12.2 Å². The summed E-state index contributed by atoms with van der Waals surface area (Å²) in [7, 11) is 0. The van der Waals surface area contributed by atoms with Gasteiger partial charge < -0.3 is 15.1 Å². The summed E-state index contributed by atoms with van der Waals surface area (Å²) in [4.78, 5) is 13.9. The predicted octanol–water partition coefficient (Wildman–Crippen LogP) is 0.521. The lowest BCUT2D eigenvalue weighted by atomic mass is 9.75. The molecule has 0 aromatic rings. The molecule has 16 heavy (non-hydrogen) atoms. The summed E-state index contributed by atoms with van der Waals surface area (Å²) >= 11 is 0. The molecule has 2 fully saturated rings. The molecule has 2 rings (SSSR count). The number of likely N-dealkylation sites (tertiary alicyclic amines) is 1. The van der Waals surface area contributed by atoms with Crippen molar-refractivity contribution in [3.63, 3.8) is 0 Å². The maximum Gasteiger partial charge on any atom is 0.228 e. The van der Waals surface area contributed by atoms with Gasteiger partial charge in [-0.05, 0) is 12.8 Å². The van der Waals surface area contributed by atoms with Crippen LogP contribution in [-0.2, 0) is 4.79 Å². The van der Waals surface area contributed by atoms with E-state index in [1.807, 2.05) is 6.92 Å². The van der Waals surface area contributed by atoms with Crippen LogP contribution in [0.15, 0.2) is 0 Å². The SMILES string of the molecule is CC1(C(=O)N2C[C@@H](O)[C@@H](O)C2)CCCCC1. The summed E-state index contributed by atoms with van der Waals surface area (Å²) in [6.07, 6.45) is 3.78. The van der Waals surface area contributed by atoms with Gasteiger partial charge in [0.1, 0.15) is 0 Å². The van der Waals surface area contributed by atoms with Gasteiger partial charge in [-0.2, -0.15) is 0 Å². The number of β-amino-alcohol motifs (C(OH)–C–C–N with tert-alkyl or cyclic N) is 2. The fraction of sp³-hybridized carbons (Fsp3) is 0.917. The normalized spacial score (nSPS) is 34.1. The largest absolute Gasteiger partial charge is 0.388 e. The molecule has 2 aliphatic rings. The number of aliphatic hydroxyl groups is 2. The first kappa shape index (κ1) is 11.9. The molecule has 0 aromatic carbocycles. The van der Waals surface area contributed by atoms with Crippen LogP contribution in [0.1, 0.15) is 39.0 Å². The summed E-state index contributed by atoms with van der Waals surface area (Å²) in [6, 6.07) is 0. The highest BCUT2D eigenvalue weighted by Crippen LogP contribution is 2.38. The van der Waals surface area contributed by atoms with Gasteiger partial charge in [-0.3, -0.25) is 4.79 Å². The van der Waals surface area contributed by atoms with Gasteiger partial charge in [-0.1, -0.05) is 26.2 Å². The van der Waals surface area contributed by atoms with Crippen molar-refractivity contribution in [2.75, 3.05) is 13.1 Å². The van der Waals surface area contributed by atoms with Crippen molar-refractivity contribution in [3.05, 3.63) is 0 Å². The Morgan fingerprint density at radius 2 is 1.62 bits per heavy atom. The molecule has 1 saturated carbocycles. The second kappa shape index (κ2) is 4.34. The van der Waals surface area contributed by atoms with E-state index in [-0.39, 0.29) is 24.4 Å². The Hall–Kier alpha value is -0.610. The van der Waals surface area contributed by atoms with Crippen LogP contribution in [0.2, 0.25) is 0 Å². The Morgan fingerprint density at radius 1 is 1.12 bits per heavy atom. The smallest absolute Gasteiger partial charge is 0.228 e. The Kier molecular flexibility index (Phi) is 3.22. The van der Waals surface area contributed by atoms with Gasteiger partial charge in [0.2, 0.25) is 5.91 Å². The van der Waals surface area contributed by atoms with Crippen molar-refractivity contribution in [2.24, 2.45) is 5.41 Å². The second-order valence-electron chi connectivity index (χ2n) is 5.47. The van der Waals surface area contributed by atoms with E-state index in [0.29, 0.717) is 0 Å². The number of hydrogen-bond acceptors (Lipinski definition) is 3. The summed E-state index contributed by atoms with van der Waals surface area (Å²) in [5.41, 5.74) is -0.262. The van der Waals surface area contributed by atoms with Gasteiger partial charge in [-0.15, -0.1) is 0 Å². The summed E-state index contributed by atoms with van der Waals surface area (Å²) < 4.78 is 0. The zero-order valence-corrected chi connectivity index (χ0v) is 9.85. The van der Waals surface area contributed by atoms with Crippen LogP contribution in [0.4, 0.5) is 0 Å². The Labute approximate surface area is 96.3 Å². The molecule has 0 spiro atoms. The topological polar surface area (TPSA) is 60.8 Å². The van der Waals surface area contributed by atoms with Crippen molar-refractivity contribution in [2.45, 2.75) is 51.2 Å². The Balaban J connectivity index is 2.01. The lowest BCUT2D eigenvalue weighted by Crippen LogP contribution is -2.42. The number of amides is 1. The van der Waals surface area contributed by atoms with E-state index >= 15 is 0 Å². The first-order valence-electron chi connectivity index (χ1n) is 6.18. The van der Waals surface area contributed by atoms with Gasteiger partial charge in [0.25, 0.3) is 0 Å². The van der Waals surface area contributed by atoms with E-state index in [1.54, 1.807) is 4.90 Å². The molecule has 0 bridgehead atoms. The lowest BCUT2D eigenvalue weighted by molar-refractivity contribution is -0.142. The van der Waals surface area contributed by atoms with E-state index in [1.165, 1.54) is 6.42 Å². The highest BCUT2D eigenvalue weighted by atomic mass is 16.3. The molecule has 1 aliphatic heterocycles. The molecule has 1 saturated heterocycles. The molecular weight excluding hydrogens is 206 g/mol. The van der Waals surface area contributed by atoms with Crippen molar-refractivity contribution in [3.8, 4) is 0 Å². The molecule has 1 aliphatic carbocycles. The predicted molar refractivity (Wildman–Crippen MR) is 59.8 cm³/mol. The molecule has 1 amide bonds. The standard InChI is InChI=1S/C12H21NO3/c1-12(5-3-2-4-6-12)11(16)13-7-9(14)10(15)8-13/h9-10,14-15H,2-8H2,1H3/t9-,10+. The fourth-order valence-electron chi connectivity index (χ4n) is 2.86. The Morgan fingerprint density at radius 3 is 2.12 bits per heavy atom. The third-order valence-electron chi connectivity index (χ3n) is 4.02. The summed E-state index contributed by atoms with van der Waals surface area (Å²) in [5.74, 6) is 0.114. The molecule has 2 atom stereocenters. The highest BCUT2D eigenvalue weighted by Gasteiger charge is 2.41. The first-order valence-corrected chi connectivity index (χ1v) is 6.18. The van der Waals surface area contributed by atoms with Gasteiger partial charge in [0.15, 0.2) is 0 Å². The summed E-state index contributed by atoms with van der Waals surface area (Å²) in [6.45, 7) is 2.59. The third kappa shape index (κ3) is 2.09. The fourth-order valence-corrected chi connectivity index (χ4v) is 2.86. The highest BCUT2D eigenvalue weighted by molar-refractivity contribution is 5.82. The number of rotatable bonds is 1. The molecule has 0 radical (unpaired) electrons. The van der Waals surface area contributed by atoms with Crippen LogP contribution in [0.5, 0.6) is 0 Å². The summed E-state index contributed by atoms with van der Waals surface area (Å²) in [5, 5.41) is 18.9. The van der Waals surface area contributed by atoms with Crippen LogP contribution in [-0.4, -0.2) is 46.3 Å². The molecule has 0 unspecified atom stereocenters. The third-order valence-corrected chi connectivity index (χ3v) is 4.02. The molecule has 4 nitrogen and oxygen atoms in total. The number of carbonyl (C=O) groups is 1. The second-order valence-corrected chi connectivity index (χ2v) is 5.47. The molecule has 2 N–H and O–H groups in total. The number of carbonyl (C=O) groups excluding carboxylic acids is 1. The van der Waals surface area contributed by atoms with Gasteiger partial charge in [-0.25, -0.2) is 0 Å². The maximum atomic E-state index is 12.3. The number of nitrogens with zero attached hydrogens (tertiary/aromatic N) is 1. The van der Waals surface area contributed by atoms with Crippen LogP contribution >= 0.6 is 0 Å². The zero-order valence-electron chi connectivity index (χ0n) is 9.85. The van der Waals surface area contributed by atoms with E-state index in [4.69, 9.17) is 0 Å². The minimum Gasteiger partial charge on any atom is -0.388 e. The average molecular weight is 227 g/mol. The van der Waals surface area contributed by atoms with Crippen LogP contribution < -0.4 is 0 Å². The van der Waals surface area contributed by atoms with Crippen molar-refractivity contribution >= 4 is 5.91 Å². The molecule has 1 heterocycles. The monoisotopic (exact) mass is 227 g/mol. The lowest BCUT2D eigenvalue weighted by Gasteiger charge is -2.35. The van der Waals surface area contributed by atoms with E-state index in [9.17, 15) is 15.0 Å².